The van der Waals surface area contributed by atoms with Crippen LogP contribution in [0.25, 0.3) is 0 Å². The summed E-state index contributed by atoms with van der Waals surface area (Å²) in [5.74, 6) is 2.91. The van der Waals surface area contributed by atoms with E-state index in [9.17, 15) is 5.11 Å². The molecule has 18 heavy (non-hydrogen) atoms. The summed E-state index contributed by atoms with van der Waals surface area (Å²) < 4.78 is 0.588. The summed E-state index contributed by atoms with van der Waals surface area (Å²) in [5.41, 5.74) is 1.33. The summed E-state index contributed by atoms with van der Waals surface area (Å²) in [7, 11) is 0. The van der Waals surface area contributed by atoms with Gasteiger partial charge in [-0.15, -0.1) is 23.5 Å². The first-order chi connectivity index (χ1) is 8.77. The zero-order valence-corrected chi connectivity index (χ0v) is 12.6. The maximum atomic E-state index is 10.3. The topological polar surface area (TPSA) is 20.2 Å². The molecule has 1 aliphatic heterocycles. The van der Waals surface area contributed by atoms with E-state index in [0.29, 0.717) is 10.5 Å². The average molecular weight is 282 g/mol. The van der Waals surface area contributed by atoms with Gasteiger partial charge < -0.3 is 5.11 Å². The maximum Gasteiger partial charge on any atom is 0.0587 e. The molecule has 0 aromatic heterocycles. The minimum Gasteiger partial charge on any atom is -0.393 e. The van der Waals surface area contributed by atoms with Crippen molar-refractivity contribution in [3.05, 3.63) is 35.9 Å². The van der Waals surface area contributed by atoms with Gasteiger partial charge in [-0.25, -0.2) is 0 Å². The Bertz CT molecular complexity index is 336. The quantitative estimate of drug-likeness (QED) is 0.887. The third-order valence-corrected chi connectivity index (χ3v) is 6.84. The fraction of sp³-hybridized carbons (Fsp3) is 0.600. The second-order valence-corrected chi connectivity index (χ2v) is 7.71. The van der Waals surface area contributed by atoms with Gasteiger partial charge >= 0.3 is 0 Å². The summed E-state index contributed by atoms with van der Waals surface area (Å²) >= 11 is 4.05. The lowest BCUT2D eigenvalue weighted by molar-refractivity contribution is 0.115. The fourth-order valence-corrected chi connectivity index (χ4v) is 5.41. The zero-order valence-electron chi connectivity index (χ0n) is 10.9. The van der Waals surface area contributed by atoms with Crippen LogP contribution < -0.4 is 0 Å². The Morgan fingerprint density at radius 3 is 2.56 bits per heavy atom. The molecule has 0 unspecified atom stereocenters. The van der Waals surface area contributed by atoms with Crippen LogP contribution in [-0.4, -0.2) is 27.3 Å². The molecule has 3 heteroatoms. The zero-order chi connectivity index (χ0) is 12.8. The highest BCUT2D eigenvalue weighted by Gasteiger charge is 2.26. The molecule has 1 heterocycles. The standard InChI is InChI=1S/C15H22OS2/c1-12(15-17-10-5-11-18-15)14(16)9-8-13-6-3-2-4-7-13/h2-4,6-7,12,14-16H,5,8-11H2,1H3/t12-,14-/m1/s1. The van der Waals surface area contributed by atoms with E-state index in [0.717, 1.165) is 12.8 Å². The van der Waals surface area contributed by atoms with Crippen LogP contribution in [0.1, 0.15) is 25.3 Å². The van der Waals surface area contributed by atoms with Gasteiger partial charge in [0.25, 0.3) is 0 Å². The summed E-state index contributed by atoms with van der Waals surface area (Å²) in [4.78, 5) is 0. The molecular weight excluding hydrogens is 260 g/mol. The van der Waals surface area contributed by atoms with Gasteiger partial charge in [0.2, 0.25) is 0 Å². The molecule has 2 atom stereocenters. The molecule has 1 aliphatic rings. The molecule has 0 bridgehead atoms. The van der Waals surface area contributed by atoms with Crippen LogP contribution in [-0.2, 0) is 6.42 Å². The smallest absolute Gasteiger partial charge is 0.0587 e. The minimum absolute atomic E-state index is 0.173. The van der Waals surface area contributed by atoms with E-state index in [-0.39, 0.29) is 6.10 Å². The molecule has 0 spiro atoms. The van der Waals surface area contributed by atoms with E-state index in [1.54, 1.807) is 0 Å². The van der Waals surface area contributed by atoms with Gasteiger partial charge in [0.1, 0.15) is 0 Å². The van der Waals surface area contributed by atoms with Crippen molar-refractivity contribution in [1.29, 1.82) is 0 Å². The Balaban J connectivity index is 1.78. The summed E-state index contributed by atoms with van der Waals surface area (Å²) in [6.45, 7) is 2.20. The number of benzene rings is 1. The Morgan fingerprint density at radius 2 is 1.89 bits per heavy atom. The van der Waals surface area contributed by atoms with Crippen molar-refractivity contribution in [2.45, 2.75) is 36.9 Å². The number of thioether (sulfide) groups is 2. The summed E-state index contributed by atoms with van der Waals surface area (Å²) in [6, 6.07) is 10.5. The van der Waals surface area contributed by atoms with Crippen molar-refractivity contribution < 1.29 is 5.11 Å². The van der Waals surface area contributed by atoms with Gasteiger partial charge in [0.05, 0.1) is 10.7 Å². The van der Waals surface area contributed by atoms with E-state index >= 15 is 0 Å². The van der Waals surface area contributed by atoms with Crippen molar-refractivity contribution in [3.8, 4) is 0 Å². The van der Waals surface area contributed by atoms with Gasteiger partial charge in [-0.05, 0) is 36.3 Å². The molecule has 1 N–H and O–H groups in total. The number of hydrogen-bond acceptors (Lipinski definition) is 3. The van der Waals surface area contributed by atoms with Gasteiger partial charge in [-0.3, -0.25) is 0 Å². The number of aliphatic hydroxyl groups excluding tert-OH is 1. The number of rotatable bonds is 5. The summed E-state index contributed by atoms with van der Waals surface area (Å²) in [5, 5.41) is 10.3. The van der Waals surface area contributed by atoms with Crippen LogP contribution in [0.3, 0.4) is 0 Å². The lowest BCUT2D eigenvalue weighted by Gasteiger charge is -2.30. The van der Waals surface area contributed by atoms with Crippen LogP contribution in [0.2, 0.25) is 0 Å². The normalized spacial score (nSPS) is 20.6. The Kier molecular flexibility index (Phi) is 5.93. The SMILES string of the molecule is C[C@@H](C1SCCCS1)[C@H](O)CCc1ccccc1. The van der Waals surface area contributed by atoms with Crippen LogP contribution in [0, 0.1) is 5.92 Å². The first kappa shape index (κ1) is 14.3. The molecule has 1 fully saturated rings. The molecule has 1 aromatic carbocycles. The van der Waals surface area contributed by atoms with Crippen LogP contribution in [0.4, 0.5) is 0 Å². The number of aliphatic hydroxyl groups is 1. The minimum atomic E-state index is -0.173. The second-order valence-electron chi connectivity index (χ2n) is 4.91. The lowest BCUT2D eigenvalue weighted by atomic mass is 9.99. The Morgan fingerprint density at radius 1 is 1.22 bits per heavy atom. The second kappa shape index (κ2) is 7.46. The largest absolute Gasteiger partial charge is 0.393 e. The third kappa shape index (κ3) is 4.22. The summed E-state index contributed by atoms with van der Waals surface area (Å²) in [6.07, 6.45) is 3.00. The maximum absolute atomic E-state index is 10.3. The van der Waals surface area contributed by atoms with Crippen molar-refractivity contribution in [2.24, 2.45) is 5.92 Å². The molecule has 1 saturated heterocycles. The first-order valence-corrected chi connectivity index (χ1v) is 8.82. The monoisotopic (exact) mass is 282 g/mol. The van der Waals surface area contributed by atoms with Crippen molar-refractivity contribution in [1.82, 2.24) is 0 Å². The molecular formula is C15H22OS2. The van der Waals surface area contributed by atoms with Crippen LogP contribution in [0.15, 0.2) is 30.3 Å². The fourth-order valence-electron chi connectivity index (χ4n) is 2.21. The van der Waals surface area contributed by atoms with E-state index < -0.39 is 0 Å². The predicted octanol–water partition coefficient (Wildman–Crippen LogP) is 3.81. The van der Waals surface area contributed by atoms with Crippen LogP contribution in [0.5, 0.6) is 0 Å². The highest BCUT2D eigenvalue weighted by molar-refractivity contribution is 8.17. The number of hydrogen-bond donors (Lipinski definition) is 1. The molecule has 2 rings (SSSR count). The first-order valence-electron chi connectivity index (χ1n) is 6.72. The molecule has 0 aliphatic carbocycles. The molecule has 1 nitrogen and oxygen atoms in total. The van der Waals surface area contributed by atoms with Gasteiger partial charge in [-0.2, -0.15) is 0 Å². The van der Waals surface area contributed by atoms with E-state index in [4.69, 9.17) is 0 Å². The highest BCUT2D eigenvalue weighted by atomic mass is 32.2. The Labute approximate surface area is 119 Å². The van der Waals surface area contributed by atoms with Crippen molar-refractivity contribution in [2.75, 3.05) is 11.5 Å². The van der Waals surface area contributed by atoms with Crippen molar-refractivity contribution in [3.63, 3.8) is 0 Å². The van der Waals surface area contributed by atoms with E-state index in [1.165, 1.54) is 23.5 Å². The van der Waals surface area contributed by atoms with E-state index in [1.807, 2.05) is 29.6 Å². The van der Waals surface area contributed by atoms with E-state index in [2.05, 4.69) is 31.2 Å². The highest BCUT2D eigenvalue weighted by Crippen LogP contribution is 2.37. The molecule has 0 radical (unpaired) electrons. The number of aryl methyl sites for hydroxylation is 1. The van der Waals surface area contributed by atoms with Crippen molar-refractivity contribution >= 4 is 23.5 Å². The average Bonchev–Trinajstić information content (AvgIpc) is 2.46. The predicted molar refractivity (Wildman–Crippen MR) is 83.3 cm³/mol. The molecule has 0 amide bonds. The molecule has 0 saturated carbocycles. The van der Waals surface area contributed by atoms with Gasteiger partial charge in [0, 0.05) is 5.92 Å². The van der Waals surface area contributed by atoms with Crippen LogP contribution >= 0.6 is 23.5 Å². The van der Waals surface area contributed by atoms with Gasteiger partial charge in [0.15, 0.2) is 0 Å². The Hall–Kier alpha value is -0.120. The van der Waals surface area contributed by atoms with Gasteiger partial charge in [-0.1, -0.05) is 37.3 Å². The lowest BCUT2D eigenvalue weighted by Crippen LogP contribution is -2.28. The third-order valence-electron chi connectivity index (χ3n) is 3.46. The molecule has 1 aromatic rings. The molecule has 100 valence electrons.